The van der Waals surface area contributed by atoms with Gasteiger partial charge in [-0.05, 0) is 42.8 Å². The van der Waals surface area contributed by atoms with Crippen molar-refractivity contribution in [1.82, 2.24) is 9.62 Å². The predicted molar refractivity (Wildman–Crippen MR) is 116 cm³/mol. The number of carbonyl (C=O) groups excluding carboxylic acids is 2. The number of anilines is 1. The summed E-state index contributed by atoms with van der Waals surface area (Å²) < 4.78 is 42.0. The number of sulfonamides is 1. The van der Waals surface area contributed by atoms with Gasteiger partial charge in [0.1, 0.15) is 11.9 Å². The van der Waals surface area contributed by atoms with Gasteiger partial charge in [0.25, 0.3) is 5.91 Å². The van der Waals surface area contributed by atoms with E-state index in [4.69, 9.17) is 11.6 Å². The van der Waals surface area contributed by atoms with E-state index in [1.807, 2.05) is 0 Å². The molecule has 0 radical (unpaired) electrons. The molecule has 11 heteroatoms. The van der Waals surface area contributed by atoms with Crippen molar-refractivity contribution in [2.75, 3.05) is 25.5 Å². The lowest BCUT2D eigenvalue weighted by Gasteiger charge is -2.19. The van der Waals surface area contributed by atoms with Gasteiger partial charge >= 0.3 is 0 Å². The molecule has 30 heavy (non-hydrogen) atoms. The summed E-state index contributed by atoms with van der Waals surface area (Å²) >= 11 is 7.03. The van der Waals surface area contributed by atoms with Crippen molar-refractivity contribution in [3.8, 4) is 0 Å². The average molecular weight is 472 g/mol. The van der Waals surface area contributed by atoms with Gasteiger partial charge in [-0.25, -0.2) is 12.8 Å². The molecule has 1 aromatic heterocycles. The number of carbonyl (C=O) groups is 2. The average Bonchev–Trinajstić information content (AvgIpc) is 3.25. The van der Waals surface area contributed by atoms with E-state index in [0.29, 0.717) is 9.21 Å². The summed E-state index contributed by atoms with van der Waals surface area (Å²) in [5.41, 5.74) is 0.157. The highest BCUT2D eigenvalue weighted by atomic mass is 35.5. The van der Waals surface area contributed by atoms with E-state index in [2.05, 4.69) is 4.72 Å². The smallest absolute Gasteiger partial charge is 0.253 e. The number of rotatable bonds is 6. The standard InChI is InChI=1S/C19H19ClFN3O4S2/c1-23(2)18(25)12-3-5-16(14(21)11-12)24-9-7-15(19(24)26)22-30(27,28)10-8-13-4-6-17(20)29-13/h3-6,8,10-11,15,22H,7,9H2,1-2H3/t15-/m0/s1. The summed E-state index contributed by atoms with van der Waals surface area (Å²) in [4.78, 5) is 27.8. The van der Waals surface area contributed by atoms with Crippen molar-refractivity contribution >= 4 is 56.5 Å². The van der Waals surface area contributed by atoms with Gasteiger partial charge in [-0.1, -0.05) is 11.6 Å². The Morgan fingerprint density at radius 2 is 2.07 bits per heavy atom. The molecule has 1 aliphatic heterocycles. The molecule has 0 bridgehead atoms. The molecule has 2 heterocycles. The summed E-state index contributed by atoms with van der Waals surface area (Å²) in [6, 6.07) is 6.17. The van der Waals surface area contributed by atoms with Crippen LogP contribution in [0.3, 0.4) is 0 Å². The molecule has 2 amide bonds. The molecule has 1 aromatic carbocycles. The van der Waals surface area contributed by atoms with Crippen LogP contribution in [0.4, 0.5) is 10.1 Å². The Morgan fingerprint density at radius 3 is 2.67 bits per heavy atom. The lowest BCUT2D eigenvalue weighted by Crippen LogP contribution is -2.40. The maximum atomic E-state index is 14.6. The number of nitrogens with zero attached hydrogens (tertiary/aromatic N) is 2. The number of hydrogen-bond acceptors (Lipinski definition) is 5. The normalized spacial score (nSPS) is 17.1. The van der Waals surface area contributed by atoms with Crippen molar-refractivity contribution < 1.29 is 22.4 Å². The summed E-state index contributed by atoms with van der Waals surface area (Å²) in [5.74, 6) is -1.65. The fourth-order valence-corrected chi connectivity index (χ4v) is 5.03. The number of benzene rings is 1. The summed E-state index contributed by atoms with van der Waals surface area (Å²) in [6.07, 6.45) is 1.57. The second-order valence-corrected chi connectivity index (χ2v) is 10.1. The minimum atomic E-state index is -3.89. The predicted octanol–water partition coefficient (Wildman–Crippen LogP) is 2.94. The van der Waals surface area contributed by atoms with Crippen molar-refractivity contribution in [3.05, 3.63) is 56.3 Å². The van der Waals surface area contributed by atoms with E-state index in [1.165, 1.54) is 39.3 Å². The molecule has 160 valence electrons. The molecule has 1 saturated heterocycles. The zero-order valence-electron chi connectivity index (χ0n) is 16.1. The van der Waals surface area contributed by atoms with E-state index in [-0.39, 0.29) is 30.1 Å². The van der Waals surface area contributed by atoms with Crippen LogP contribution in [0, 0.1) is 5.82 Å². The minimum Gasteiger partial charge on any atom is -0.345 e. The maximum Gasteiger partial charge on any atom is 0.253 e. The third-order valence-corrected chi connectivity index (χ3v) is 6.71. The van der Waals surface area contributed by atoms with E-state index >= 15 is 0 Å². The first kappa shape index (κ1) is 22.4. The van der Waals surface area contributed by atoms with Crippen LogP contribution in [-0.4, -0.2) is 51.8 Å². The third-order valence-electron chi connectivity index (χ3n) is 4.41. The summed E-state index contributed by atoms with van der Waals surface area (Å²) in [5, 5.41) is 0.966. The number of thiophene rings is 1. The second kappa shape index (κ2) is 8.84. The lowest BCUT2D eigenvalue weighted by molar-refractivity contribution is -0.118. The summed E-state index contributed by atoms with van der Waals surface area (Å²) in [6.45, 7) is 0.147. The van der Waals surface area contributed by atoms with Gasteiger partial charge in [-0.15, -0.1) is 11.3 Å². The van der Waals surface area contributed by atoms with Crippen molar-refractivity contribution in [3.63, 3.8) is 0 Å². The van der Waals surface area contributed by atoms with Gasteiger partial charge in [0, 0.05) is 36.5 Å². The van der Waals surface area contributed by atoms with Gasteiger partial charge in [0.2, 0.25) is 15.9 Å². The first-order chi connectivity index (χ1) is 14.1. The molecular formula is C19H19ClFN3O4S2. The Morgan fingerprint density at radius 1 is 1.33 bits per heavy atom. The van der Waals surface area contributed by atoms with Crippen LogP contribution in [0.5, 0.6) is 0 Å². The van der Waals surface area contributed by atoms with Gasteiger partial charge in [-0.2, -0.15) is 4.72 Å². The van der Waals surface area contributed by atoms with E-state index in [1.54, 1.807) is 26.2 Å². The number of halogens is 2. The maximum absolute atomic E-state index is 14.6. The molecule has 1 atom stereocenters. The Hall–Kier alpha value is -2.27. The zero-order valence-corrected chi connectivity index (χ0v) is 18.5. The van der Waals surface area contributed by atoms with Crippen LogP contribution in [-0.2, 0) is 14.8 Å². The highest BCUT2D eigenvalue weighted by Crippen LogP contribution is 2.27. The molecular weight excluding hydrogens is 453 g/mol. The minimum absolute atomic E-state index is 0.000716. The van der Waals surface area contributed by atoms with E-state index in [9.17, 15) is 22.4 Å². The van der Waals surface area contributed by atoms with Crippen LogP contribution in [0.15, 0.2) is 35.7 Å². The summed E-state index contributed by atoms with van der Waals surface area (Å²) in [7, 11) is -0.785. The Labute approximate surface area is 182 Å². The van der Waals surface area contributed by atoms with Crippen molar-refractivity contribution in [1.29, 1.82) is 0 Å². The van der Waals surface area contributed by atoms with E-state index in [0.717, 1.165) is 11.5 Å². The molecule has 0 aliphatic carbocycles. The Balaban J connectivity index is 1.71. The largest absolute Gasteiger partial charge is 0.345 e. The van der Waals surface area contributed by atoms with Gasteiger partial charge in [0.15, 0.2) is 0 Å². The molecule has 3 rings (SSSR count). The molecule has 1 fully saturated rings. The topological polar surface area (TPSA) is 86.8 Å². The number of hydrogen-bond donors (Lipinski definition) is 1. The first-order valence-corrected chi connectivity index (χ1v) is 11.6. The molecule has 0 saturated carbocycles. The molecule has 1 aliphatic rings. The number of amides is 2. The van der Waals surface area contributed by atoms with Crippen LogP contribution in [0.25, 0.3) is 6.08 Å². The van der Waals surface area contributed by atoms with Crippen LogP contribution < -0.4 is 9.62 Å². The molecule has 1 N–H and O–H groups in total. The lowest BCUT2D eigenvalue weighted by atomic mass is 10.1. The second-order valence-electron chi connectivity index (χ2n) is 6.80. The highest BCUT2D eigenvalue weighted by molar-refractivity contribution is 7.92. The van der Waals surface area contributed by atoms with Crippen molar-refractivity contribution in [2.24, 2.45) is 0 Å². The SMILES string of the molecule is CN(C)C(=O)c1ccc(N2CC[C@H](NS(=O)(=O)C=Cc3ccc(Cl)s3)C2=O)c(F)c1. The van der Waals surface area contributed by atoms with Gasteiger partial charge in [-0.3, -0.25) is 9.59 Å². The van der Waals surface area contributed by atoms with Crippen LogP contribution in [0.1, 0.15) is 21.7 Å². The fourth-order valence-electron chi connectivity index (χ4n) is 2.96. The molecule has 0 spiro atoms. The Kier molecular flexibility index (Phi) is 6.61. The van der Waals surface area contributed by atoms with E-state index < -0.39 is 27.8 Å². The van der Waals surface area contributed by atoms with Crippen LogP contribution >= 0.6 is 22.9 Å². The molecule has 0 unspecified atom stereocenters. The quantitative estimate of drug-likeness (QED) is 0.701. The fraction of sp³-hybridized carbons (Fsp3) is 0.263. The monoisotopic (exact) mass is 471 g/mol. The molecule has 2 aromatic rings. The zero-order chi connectivity index (χ0) is 22.1. The van der Waals surface area contributed by atoms with Crippen LogP contribution in [0.2, 0.25) is 4.34 Å². The highest BCUT2D eigenvalue weighted by Gasteiger charge is 2.36. The van der Waals surface area contributed by atoms with Gasteiger partial charge < -0.3 is 9.80 Å². The third kappa shape index (κ3) is 5.07. The molecule has 7 nitrogen and oxygen atoms in total. The Bertz CT molecular complexity index is 1110. The van der Waals surface area contributed by atoms with Crippen molar-refractivity contribution in [2.45, 2.75) is 12.5 Å². The number of nitrogens with one attached hydrogen (secondary N) is 1. The van der Waals surface area contributed by atoms with Gasteiger partial charge in [0.05, 0.1) is 10.0 Å². The first-order valence-electron chi connectivity index (χ1n) is 8.86.